The van der Waals surface area contributed by atoms with E-state index >= 15 is 0 Å². The average Bonchev–Trinajstić information content (AvgIpc) is 3.12. The van der Waals surface area contributed by atoms with Gasteiger partial charge in [-0.1, -0.05) is 30.3 Å². The summed E-state index contributed by atoms with van der Waals surface area (Å²) in [5.74, 6) is -6.78. The molecule has 0 saturated carbocycles. The Balaban J connectivity index is 0.00000784. The van der Waals surface area contributed by atoms with E-state index in [1.807, 2.05) is 0 Å². The van der Waals surface area contributed by atoms with Crippen molar-refractivity contribution >= 4 is 17.8 Å². The molecule has 0 unspecified atom stereocenters. The van der Waals surface area contributed by atoms with Crippen molar-refractivity contribution < 1.29 is 123 Å². The van der Waals surface area contributed by atoms with Crippen LogP contribution in [0.5, 0.6) is 0 Å². The summed E-state index contributed by atoms with van der Waals surface area (Å²) >= 11 is 0. The van der Waals surface area contributed by atoms with Crippen LogP contribution in [0.2, 0.25) is 0 Å². The molecule has 3 aliphatic rings. The molecule has 11 N–H and O–H groups in total. The van der Waals surface area contributed by atoms with Crippen molar-refractivity contribution in [1.82, 2.24) is 10.6 Å². The van der Waals surface area contributed by atoms with Gasteiger partial charge in [-0.15, -0.1) is 0 Å². The molecule has 0 spiro atoms. The second-order valence-corrected chi connectivity index (χ2v) is 13.0. The summed E-state index contributed by atoms with van der Waals surface area (Å²) in [6.07, 6.45) is -25.4. The van der Waals surface area contributed by atoms with Crippen LogP contribution >= 0.6 is 0 Å². The number of carboxylic acid groups (broad SMARTS) is 1. The molecule has 3 heterocycles. The Bertz CT molecular complexity index is 1370. The number of hydrogen-bond donors (Lipinski definition) is 11. The maximum absolute atomic E-state index is 12.7. The molecule has 2 amide bonds. The van der Waals surface area contributed by atoms with Gasteiger partial charge < -0.3 is 94.9 Å². The van der Waals surface area contributed by atoms with Gasteiger partial charge in [-0.3, -0.25) is 9.59 Å². The van der Waals surface area contributed by atoms with Gasteiger partial charge >= 0.3 is 29.6 Å². The van der Waals surface area contributed by atoms with Gasteiger partial charge in [0.25, 0.3) is 0 Å². The zero-order valence-electron chi connectivity index (χ0n) is 29.7. The van der Waals surface area contributed by atoms with E-state index in [2.05, 4.69) is 10.6 Å². The molecule has 4 rings (SSSR count). The third kappa shape index (κ3) is 10.7. The summed E-state index contributed by atoms with van der Waals surface area (Å²) < 4.78 is 34.3. The van der Waals surface area contributed by atoms with Crippen LogP contribution in [-0.2, 0) is 49.4 Å². The van der Waals surface area contributed by atoms with Crippen molar-refractivity contribution in [3.05, 3.63) is 35.9 Å². The summed E-state index contributed by atoms with van der Waals surface area (Å²) in [5.41, 5.74) is 0.688. The molecular weight excluding hydrogens is 739 g/mol. The Kier molecular flexibility index (Phi) is 17.6. The molecule has 0 radical (unpaired) electrons. The fraction of sp³-hybridized carbons (Fsp3) is 0.719. The van der Waals surface area contributed by atoms with Gasteiger partial charge in [-0.25, -0.2) is 0 Å². The van der Waals surface area contributed by atoms with E-state index in [1.54, 1.807) is 30.3 Å². The van der Waals surface area contributed by atoms with E-state index < -0.39 is 142 Å². The average molecular weight is 787 g/mol. The smallest absolute Gasteiger partial charge is 0.544 e. The SMILES string of the molecule is CC(=O)N[C@H]1[C@@H](OCc2ccccc2)O[C@H](CO)[C@H](O)[C@@H]1O[C@@H]1O[C@H](CO)[C@H](O)[C@H](O[C@]2(C(=O)[O-])C[C@H](O)[C@@H](NC(C)=O)[C@H]([C@H](O)[C@H](O)CO)O2)[C@H]1O.[Na+]. The molecule has 0 aromatic heterocycles. The quantitative estimate of drug-likeness (QED) is 0.0735. The third-order valence-electron chi connectivity index (χ3n) is 9.09. The van der Waals surface area contributed by atoms with Crippen molar-refractivity contribution in [3.63, 3.8) is 0 Å². The molecule has 1 aromatic rings. The van der Waals surface area contributed by atoms with E-state index in [4.69, 9.17) is 28.4 Å². The Morgan fingerprint density at radius 1 is 0.870 bits per heavy atom. The van der Waals surface area contributed by atoms with Crippen molar-refractivity contribution in [2.24, 2.45) is 0 Å². The predicted octanol–water partition coefficient (Wildman–Crippen LogP) is -10.2. The first kappa shape index (κ1) is 46.4. The van der Waals surface area contributed by atoms with E-state index in [0.29, 0.717) is 5.56 Å². The summed E-state index contributed by atoms with van der Waals surface area (Å²) in [7, 11) is 0. The minimum absolute atomic E-state index is 0. The van der Waals surface area contributed by atoms with Crippen LogP contribution in [0.4, 0.5) is 0 Å². The van der Waals surface area contributed by atoms with Crippen molar-refractivity contribution in [1.29, 1.82) is 0 Å². The van der Waals surface area contributed by atoms with E-state index in [0.717, 1.165) is 13.8 Å². The van der Waals surface area contributed by atoms with Crippen molar-refractivity contribution in [2.75, 3.05) is 19.8 Å². The summed E-state index contributed by atoms with van der Waals surface area (Å²) in [6, 6.07) is 5.80. The first-order valence-corrected chi connectivity index (χ1v) is 16.7. The van der Waals surface area contributed by atoms with Crippen LogP contribution in [0.15, 0.2) is 30.3 Å². The largest absolute Gasteiger partial charge is 1.00 e. The third-order valence-corrected chi connectivity index (χ3v) is 9.09. The number of carbonyl (C=O) groups is 3. The zero-order valence-corrected chi connectivity index (χ0v) is 31.7. The monoisotopic (exact) mass is 786 g/mol. The Labute approximate surface area is 331 Å². The molecule has 3 saturated heterocycles. The number of aliphatic hydroxyl groups is 9. The van der Waals surface area contributed by atoms with Crippen molar-refractivity contribution in [2.45, 2.75) is 124 Å². The molecule has 16 atom stereocenters. The zero-order chi connectivity index (χ0) is 39.2. The second-order valence-electron chi connectivity index (χ2n) is 13.0. The minimum atomic E-state index is -3.15. The van der Waals surface area contributed by atoms with E-state index in [9.17, 15) is 65.4 Å². The van der Waals surface area contributed by atoms with Gasteiger partial charge in [-0.2, -0.15) is 0 Å². The molecule has 3 aliphatic heterocycles. The Hall–Kier alpha value is -1.97. The number of aliphatic hydroxyl groups excluding tert-OH is 9. The number of carboxylic acids is 1. The van der Waals surface area contributed by atoms with Crippen LogP contribution in [0.3, 0.4) is 0 Å². The molecule has 3 fully saturated rings. The topological polar surface area (TPSA) is 336 Å². The van der Waals surface area contributed by atoms with Crippen LogP contribution < -0.4 is 45.3 Å². The molecule has 0 aliphatic carbocycles. The molecule has 1 aromatic carbocycles. The Morgan fingerprint density at radius 3 is 1.96 bits per heavy atom. The second kappa shape index (κ2) is 20.5. The van der Waals surface area contributed by atoms with Crippen LogP contribution in [0, 0.1) is 0 Å². The molecular formula is C32H47N2NaO19. The summed E-state index contributed by atoms with van der Waals surface area (Å²) in [6.45, 7) is -0.719. The fourth-order valence-electron chi connectivity index (χ4n) is 6.43. The van der Waals surface area contributed by atoms with Crippen LogP contribution in [0.1, 0.15) is 25.8 Å². The molecule has 54 heavy (non-hydrogen) atoms. The van der Waals surface area contributed by atoms with Crippen molar-refractivity contribution in [3.8, 4) is 0 Å². The molecule has 21 nitrogen and oxygen atoms in total. The number of hydrogen-bond acceptors (Lipinski definition) is 19. The number of carbonyl (C=O) groups excluding carboxylic acids is 3. The van der Waals surface area contributed by atoms with Gasteiger partial charge in [0.1, 0.15) is 73.1 Å². The maximum Gasteiger partial charge on any atom is 1.00 e. The Morgan fingerprint density at radius 2 is 1.43 bits per heavy atom. The van der Waals surface area contributed by atoms with Gasteiger partial charge in [0.15, 0.2) is 12.6 Å². The first-order valence-electron chi connectivity index (χ1n) is 16.7. The van der Waals surface area contributed by atoms with E-state index in [-0.39, 0.29) is 36.2 Å². The predicted molar refractivity (Wildman–Crippen MR) is 168 cm³/mol. The number of nitrogens with one attached hydrogen (secondary N) is 2. The molecule has 300 valence electrons. The van der Waals surface area contributed by atoms with Crippen LogP contribution in [0.25, 0.3) is 0 Å². The number of amides is 2. The van der Waals surface area contributed by atoms with Gasteiger partial charge in [-0.05, 0) is 5.56 Å². The summed E-state index contributed by atoms with van der Waals surface area (Å²) in [5, 5.41) is 113. The summed E-state index contributed by atoms with van der Waals surface area (Å²) in [4.78, 5) is 36.9. The fourth-order valence-corrected chi connectivity index (χ4v) is 6.43. The van der Waals surface area contributed by atoms with Gasteiger partial charge in [0.2, 0.25) is 17.6 Å². The molecule has 0 bridgehead atoms. The van der Waals surface area contributed by atoms with Gasteiger partial charge in [0, 0.05) is 20.3 Å². The number of ether oxygens (including phenoxy) is 6. The number of benzene rings is 1. The van der Waals surface area contributed by atoms with E-state index in [1.165, 1.54) is 0 Å². The van der Waals surface area contributed by atoms with Gasteiger partial charge in [0.05, 0.1) is 38.6 Å². The normalized spacial score (nSPS) is 38.0. The number of rotatable bonds is 15. The molecule has 22 heteroatoms. The maximum atomic E-state index is 12.7. The number of aliphatic carboxylic acids is 1. The standard InChI is InChI=1S/C32H48N2O19.Na/c1-13(38)33-20-16(40)8-32(31(46)47,52-27(20)22(42)17(41)9-35)53-28-24(44)19(11-37)50-30(25(28)45)51-26-21(34-14(2)39)29(49-18(10-36)23(26)43)48-12-15-6-4-3-5-7-15;/h3-7,16-30,35-37,40-45H,8-12H2,1-2H3,(H,33,38)(H,34,39)(H,46,47);/q;+1/p-1/t16-,17+,18+,19+,20+,21+,22+,23-,24-,25+,26+,27+,28-,29-,30-,32-;/m0./s1. The minimum Gasteiger partial charge on any atom is -0.544 e. The van der Waals surface area contributed by atoms with Crippen LogP contribution in [-0.4, -0.2) is 181 Å². The first-order chi connectivity index (χ1) is 25.1.